The maximum absolute atomic E-state index is 12.5. The molecule has 0 radical (unpaired) electrons. The molecule has 0 N–H and O–H groups in total. The summed E-state index contributed by atoms with van der Waals surface area (Å²) in [6.45, 7) is 7.16. The molecule has 2 bridgehead atoms. The third-order valence-electron chi connectivity index (χ3n) is 4.51. The number of fused-ring (bicyclic) bond motifs is 2. The highest BCUT2D eigenvalue weighted by molar-refractivity contribution is 9.10. The number of anilines is 1. The zero-order chi connectivity index (χ0) is 17.5. The van der Waals surface area contributed by atoms with Crippen LogP contribution >= 0.6 is 15.9 Å². The number of benzene rings is 1. The number of amides is 1. The van der Waals surface area contributed by atoms with Crippen molar-refractivity contribution in [3.8, 4) is 6.07 Å². The predicted molar refractivity (Wildman–Crippen MR) is 96.0 cm³/mol. The second-order valence-corrected chi connectivity index (χ2v) is 8.37. The molecule has 24 heavy (non-hydrogen) atoms. The van der Waals surface area contributed by atoms with Crippen molar-refractivity contribution in [2.24, 2.45) is 0 Å². The number of nitriles is 1. The molecule has 2 atom stereocenters. The van der Waals surface area contributed by atoms with E-state index in [1.807, 2.05) is 43.9 Å². The van der Waals surface area contributed by atoms with Crippen molar-refractivity contribution in [3.63, 3.8) is 0 Å². The van der Waals surface area contributed by atoms with Gasteiger partial charge in [0.15, 0.2) is 0 Å². The van der Waals surface area contributed by atoms with Gasteiger partial charge in [0.05, 0.1) is 23.3 Å². The molecule has 2 aliphatic rings. The molecule has 2 aliphatic heterocycles. The summed E-state index contributed by atoms with van der Waals surface area (Å²) >= 11 is 3.41. The fourth-order valence-corrected chi connectivity index (χ4v) is 3.95. The van der Waals surface area contributed by atoms with E-state index in [0.29, 0.717) is 5.56 Å². The van der Waals surface area contributed by atoms with Crippen molar-refractivity contribution < 1.29 is 9.53 Å². The highest BCUT2D eigenvalue weighted by Crippen LogP contribution is 2.35. The van der Waals surface area contributed by atoms with Crippen LogP contribution in [-0.4, -0.2) is 41.8 Å². The first kappa shape index (κ1) is 17.1. The van der Waals surface area contributed by atoms with E-state index in [0.717, 1.165) is 36.1 Å². The lowest BCUT2D eigenvalue weighted by Crippen LogP contribution is -2.57. The van der Waals surface area contributed by atoms with Gasteiger partial charge in [-0.3, -0.25) is 4.90 Å². The maximum atomic E-state index is 12.5. The van der Waals surface area contributed by atoms with Gasteiger partial charge < -0.3 is 9.64 Å². The topological polar surface area (TPSA) is 56.6 Å². The average molecular weight is 392 g/mol. The molecule has 0 spiro atoms. The number of nitrogens with zero attached hydrogens (tertiary/aromatic N) is 3. The van der Waals surface area contributed by atoms with Crippen molar-refractivity contribution in [1.82, 2.24) is 4.90 Å². The van der Waals surface area contributed by atoms with E-state index < -0.39 is 5.60 Å². The second kappa shape index (κ2) is 6.29. The van der Waals surface area contributed by atoms with Crippen molar-refractivity contribution >= 4 is 27.7 Å². The molecular weight excluding hydrogens is 370 g/mol. The zero-order valence-corrected chi connectivity index (χ0v) is 15.8. The molecular formula is C18H22BrN3O2. The Labute approximate surface area is 151 Å². The minimum absolute atomic E-state index is 0.147. The highest BCUT2D eigenvalue weighted by atomic mass is 79.9. The van der Waals surface area contributed by atoms with Crippen molar-refractivity contribution in [2.75, 3.05) is 18.0 Å². The molecule has 1 amide bonds. The lowest BCUT2D eigenvalue weighted by atomic mass is 10.1. The van der Waals surface area contributed by atoms with Gasteiger partial charge in [0.2, 0.25) is 0 Å². The molecule has 2 saturated heterocycles. The van der Waals surface area contributed by atoms with Crippen LogP contribution in [0.15, 0.2) is 22.7 Å². The summed E-state index contributed by atoms with van der Waals surface area (Å²) in [5.74, 6) is 0. The molecule has 0 aliphatic carbocycles. The first-order valence-corrected chi connectivity index (χ1v) is 9.04. The summed E-state index contributed by atoms with van der Waals surface area (Å²) < 4.78 is 6.47. The van der Waals surface area contributed by atoms with Crippen LogP contribution in [0.2, 0.25) is 0 Å². The average Bonchev–Trinajstić information content (AvgIpc) is 2.76. The molecule has 3 rings (SSSR count). The van der Waals surface area contributed by atoms with Gasteiger partial charge in [-0.1, -0.05) is 15.9 Å². The Kier molecular flexibility index (Phi) is 4.48. The number of hydrogen-bond donors (Lipinski definition) is 0. The Bertz CT molecular complexity index is 678. The standard InChI is InChI=1S/C18H22BrN3O2/c1-18(2,3)24-17(23)22-14-5-6-15(22)11-21(10-14)16-7-4-13(19)8-12(16)9-20/h4,7-8,14-15H,5-6,10-11H2,1-3H3. The minimum Gasteiger partial charge on any atom is -0.444 e. The van der Waals surface area contributed by atoms with Crippen LogP contribution in [0.4, 0.5) is 10.5 Å². The smallest absolute Gasteiger partial charge is 0.410 e. The number of carbonyl (C=O) groups is 1. The molecule has 2 unspecified atom stereocenters. The van der Waals surface area contributed by atoms with Gasteiger partial charge >= 0.3 is 6.09 Å². The number of ether oxygens (including phenoxy) is 1. The van der Waals surface area contributed by atoms with Gasteiger partial charge in [-0.25, -0.2) is 4.79 Å². The van der Waals surface area contributed by atoms with E-state index in [1.165, 1.54) is 0 Å². The Morgan fingerprint density at radius 3 is 2.46 bits per heavy atom. The summed E-state index contributed by atoms with van der Waals surface area (Å²) in [5, 5.41) is 9.41. The van der Waals surface area contributed by atoms with E-state index in [9.17, 15) is 10.1 Å². The Balaban J connectivity index is 1.79. The summed E-state index contributed by atoms with van der Waals surface area (Å²) in [6.07, 6.45) is 1.75. The lowest BCUT2D eigenvalue weighted by molar-refractivity contribution is 0.0123. The van der Waals surface area contributed by atoms with Crippen LogP contribution < -0.4 is 4.90 Å². The maximum Gasteiger partial charge on any atom is 0.410 e. The largest absolute Gasteiger partial charge is 0.444 e. The fraction of sp³-hybridized carbons (Fsp3) is 0.556. The monoisotopic (exact) mass is 391 g/mol. The van der Waals surface area contributed by atoms with Crippen LogP contribution in [0.5, 0.6) is 0 Å². The third-order valence-corrected chi connectivity index (χ3v) is 5.00. The number of hydrogen-bond acceptors (Lipinski definition) is 4. The molecule has 1 aromatic rings. The van der Waals surface area contributed by atoms with E-state index >= 15 is 0 Å². The molecule has 0 saturated carbocycles. The van der Waals surface area contributed by atoms with E-state index in [2.05, 4.69) is 26.9 Å². The van der Waals surface area contributed by atoms with Gasteiger partial charge in [0, 0.05) is 17.6 Å². The summed E-state index contributed by atoms with van der Waals surface area (Å²) in [6, 6.07) is 8.34. The molecule has 0 aromatic heterocycles. The normalized spacial score (nSPS) is 23.1. The Morgan fingerprint density at radius 2 is 1.92 bits per heavy atom. The van der Waals surface area contributed by atoms with Crippen LogP contribution in [0.1, 0.15) is 39.2 Å². The SMILES string of the molecule is CC(C)(C)OC(=O)N1C2CCC1CN(c1ccc(Br)cc1C#N)C2. The summed E-state index contributed by atoms with van der Waals surface area (Å²) in [7, 11) is 0. The van der Waals surface area contributed by atoms with Crippen LogP contribution in [0.3, 0.4) is 0 Å². The Hall–Kier alpha value is -1.74. The van der Waals surface area contributed by atoms with Crippen LogP contribution in [0.25, 0.3) is 0 Å². The molecule has 2 heterocycles. The predicted octanol–water partition coefficient (Wildman–Crippen LogP) is 3.91. The molecule has 2 fully saturated rings. The first-order valence-electron chi connectivity index (χ1n) is 8.24. The van der Waals surface area contributed by atoms with Gasteiger partial charge in [0.25, 0.3) is 0 Å². The van der Waals surface area contributed by atoms with Crippen molar-refractivity contribution in [3.05, 3.63) is 28.2 Å². The molecule has 6 heteroatoms. The van der Waals surface area contributed by atoms with Crippen LogP contribution in [0, 0.1) is 11.3 Å². The van der Waals surface area contributed by atoms with E-state index in [-0.39, 0.29) is 18.2 Å². The molecule has 128 valence electrons. The highest BCUT2D eigenvalue weighted by Gasteiger charge is 2.44. The molecule has 1 aromatic carbocycles. The number of carbonyl (C=O) groups excluding carboxylic acids is 1. The van der Waals surface area contributed by atoms with Gasteiger partial charge in [-0.05, 0) is 51.8 Å². The summed E-state index contributed by atoms with van der Waals surface area (Å²) in [4.78, 5) is 16.7. The van der Waals surface area contributed by atoms with Gasteiger partial charge in [0.1, 0.15) is 11.7 Å². The number of rotatable bonds is 1. The van der Waals surface area contributed by atoms with Crippen molar-refractivity contribution in [2.45, 2.75) is 51.3 Å². The van der Waals surface area contributed by atoms with Crippen LogP contribution in [-0.2, 0) is 4.74 Å². The van der Waals surface area contributed by atoms with Crippen molar-refractivity contribution in [1.29, 1.82) is 5.26 Å². The Morgan fingerprint density at radius 1 is 1.29 bits per heavy atom. The lowest BCUT2D eigenvalue weighted by Gasteiger charge is -2.42. The van der Waals surface area contributed by atoms with Gasteiger partial charge in [-0.15, -0.1) is 0 Å². The zero-order valence-electron chi connectivity index (χ0n) is 14.3. The second-order valence-electron chi connectivity index (χ2n) is 7.45. The third kappa shape index (κ3) is 3.36. The fourth-order valence-electron chi connectivity index (χ4n) is 3.59. The quantitative estimate of drug-likeness (QED) is 0.727. The van der Waals surface area contributed by atoms with Gasteiger partial charge in [-0.2, -0.15) is 5.26 Å². The minimum atomic E-state index is -0.479. The summed E-state index contributed by atoms with van der Waals surface area (Å²) in [5.41, 5.74) is 1.13. The first-order chi connectivity index (χ1) is 11.3. The van der Waals surface area contributed by atoms with E-state index in [4.69, 9.17) is 4.74 Å². The number of halogens is 1. The number of piperazine rings is 1. The molecule has 5 nitrogen and oxygen atoms in total. The van der Waals surface area contributed by atoms with E-state index in [1.54, 1.807) is 0 Å².